The molecule has 1 unspecified atom stereocenters. The van der Waals surface area contributed by atoms with E-state index in [1.807, 2.05) is 35.4 Å². The number of hydrogen-bond donors (Lipinski definition) is 0. The van der Waals surface area contributed by atoms with E-state index in [1.165, 1.54) is 4.88 Å². The summed E-state index contributed by atoms with van der Waals surface area (Å²) in [4.78, 5) is 23.8. The average Bonchev–Trinajstić information content (AvgIpc) is 3.56. The summed E-state index contributed by atoms with van der Waals surface area (Å²) in [5.74, 6) is -0.0443. The number of fused-ring (bicyclic) bond motifs is 1. The Labute approximate surface area is 188 Å². The van der Waals surface area contributed by atoms with Gasteiger partial charge in [-0.25, -0.2) is 4.98 Å². The van der Waals surface area contributed by atoms with Crippen molar-refractivity contribution in [3.05, 3.63) is 56.7 Å². The highest BCUT2D eigenvalue weighted by molar-refractivity contribution is 7.15. The molecule has 1 saturated heterocycles. The minimum atomic E-state index is -0.0443. The minimum absolute atomic E-state index is 0.0443. The summed E-state index contributed by atoms with van der Waals surface area (Å²) in [5, 5.41) is 6.81. The lowest BCUT2D eigenvalue weighted by molar-refractivity contribution is 0.0511. The van der Waals surface area contributed by atoms with E-state index in [2.05, 4.69) is 29.2 Å². The maximum absolute atomic E-state index is 13.9. The molecule has 0 radical (unpaired) electrons. The number of aromatic nitrogens is 2. The molecule has 1 atom stereocenters. The molecule has 1 amide bonds. The number of carbonyl (C=O) groups is 1. The van der Waals surface area contributed by atoms with Crippen molar-refractivity contribution in [2.45, 2.75) is 39.3 Å². The van der Waals surface area contributed by atoms with Crippen LogP contribution in [0.4, 0.5) is 0 Å². The first-order valence-corrected chi connectivity index (χ1v) is 12.0. The smallest absolute Gasteiger partial charge is 0.259 e. The largest absolute Gasteiger partial charge is 0.376 e. The standard InChI is InChI=1S/C23H23N3O3S2/c1-14-7-8-20(31-14)19-11-18(21-15(2)25-29-22(21)24-19)23(27)26(12-16-5-3-9-28-16)13-17-6-4-10-30-17/h4,6-8,10-11,16H,3,5,9,12-13H2,1-2H3. The van der Waals surface area contributed by atoms with Crippen molar-refractivity contribution >= 4 is 39.7 Å². The van der Waals surface area contributed by atoms with Gasteiger partial charge in [0.2, 0.25) is 0 Å². The van der Waals surface area contributed by atoms with Gasteiger partial charge in [-0.3, -0.25) is 4.79 Å². The molecular weight excluding hydrogens is 430 g/mol. The second-order valence-corrected chi connectivity index (χ2v) is 10.1. The van der Waals surface area contributed by atoms with Gasteiger partial charge in [-0.1, -0.05) is 11.2 Å². The number of carbonyl (C=O) groups excluding carboxylic acids is 1. The Kier molecular flexibility index (Phi) is 5.60. The molecule has 0 saturated carbocycles. The fraction of sp³-hybridized carbons (Fsp3) is 0.348. The predicted octanol–water partition coefficient (Wildman–Crippen LogP) is 5.45. The Hall–Kier alpha value is -2.55. The molecule has 31 heavy (non-hydrogen) atoms. The van der Waals surface area contributed by atoms with Gasteiger partial charge in [-0.05, 0) is 56.3 Å². The molecule has 0 spiro atoms. The highest BCUT2D eigenvalue weighted by Crippen LogP contribution is 2.32. The Morgan fingerprint density at radius 3 is 2.90 bits per heavy atom. The number of thiophene rings is 2. The number of hydrogen-bond acceptors (Lipinski definition) is 7. The second kappa shape index (κ2) is 8.53. The van der Waals surface area contributed by atoms with Crippen LogP contribution in [0.2, 0.25) is 0 Å². The first kappa shape index (κ1) is 20.4. The Morgan fingerprint density at radius 1 is 1.29 bits per heavy atom. The van der Waals surface area contributed by atoms with Crippen LogP contribution in [0.15, 0.2) is 40.2 Å². The summed E-state index contributed by atoms with van der Waals surface area (Å²) in [7, 11) is 0. The van der Waals surface area contributed by atoms with E-state index < -0.39 is 0 Å². The van der Waals surface area contributed by atoms with Crippen molar-refractivity contribution in [1.29, 1.82) is 0 Å². The molecule has 6 nitrogen and oxygen atoms in total. The van der Waals surface area contributed by atoms with Gasteiger partial charge in [0.05, 0.1) is 39.9 Å². The molecule has 4 aromatic rings. The van der Waals surface area contributed by atoms with Crippen LogP contribution >= 0.6 is 22.7 Å². The monoisotopic (exact) mass is 453 g/mol. The Balaban J connectivity index is 1.57. The minimum Gasteiger partial charge on any atom is -0.376 e. The van der Waals surface area contributed by atoms with Crippen LogP contribution in [0, 0.1) is 13.8 Å². The lowest BCUT2D eigenvalue weighted by Crippen LogP contribution is -2.37. The van der Waals surface area contributed by atoms with E-state index >= 15 is 0 Å². The molecule has 0 aliphatic carbocycles. The predicted molar refractivity (Wildman–Crippen MR) is 123 cm³/mol. The van der Waals surface area contributed by atoms with Crippen molar-refractivity contribution in [2.24, 2.45) is 0 Å². The van der Waals surface area contributed by atoms with Crippen LogP contribution in [0.3, 0.4) is 0 Å². The van der Waals surface area contributed by atoms with Gasteiger partial charge in [0.15, 0.2) is 0 Å². The third-order valence-electron chi connectivity index (χ3n) is 5.50. The molecular formula is C23H23N3O3S2. The van der Waals surface area contributed by atoms with Gasteiger partial charge < -0.3 is 14.2 Å². The van der Waals surface area contributed by atoms with Gasteiger partial charge in [0.25, 0.3) is 11.6 Å². The highest BCUT2D eigenvalue weighted by Gasteiger charge is 2.27. The number of ether oxygens (including phenoxy) is 1. The fourth-order valence-corrected chi connectivity index (χ4v) is 5.52. The van der Waals surface area contributed by atoms with Crippen LogP contribution in [0.5, 0.6) is 0 Å². The number of rotatable bonds is 6. The Bertz CT molecular complexity index is 1210. The summed E-state index contributed by atoms with van der Waals surface area (Å²) in [6.45, 7) is 5.79. The van der Waals surface area contributed by atoms with Crippen LogP contribution in [0.25, 0.3) is 21.7 Å². The van der Waals surface area contributed by atoms with Crippen molar-refractivity contribution in [1.82, 2.24) is 15.0 Å². The third-order valence-corrected chi connectivity index (χ3v) is 7.39. The number of nitrogens with zero attached hydrogens (tertiary/aromatic N) is 3. The second-order valence-electron chi connectivity index (χ2n) is 7.81. The average molecular weight is 454 g/mol. The first-order chi connectivity index (χ1) is 15.1. The lowest BCUT2D eigenvalue weighted by atomic mass is 10.1. The maximum atomic E-state index is 13.9. The van der Waals surface area contributed by atoms with E-state index in [4.69, 9.17) is 9.26 Å². The molecule has 0 N–H and O–H groups in total. The summed E-state index contributed by atoms with van der Waals surface area (Å²) in [6, 6.07) is 10.0. The molecule has 0 aromatic carbocycles. The van der Waals surface area contributed by atoms with Crippen molar-refractivity contribution in [3.63, 3.8) is 0 Å². The van der Waals surface area contributed by atoms with Gasteiger partial charge in [0.1, 0.15) is 0 Å². The van der Waals surface area contributed by atoms with Crippen LogP contribution < -0.4 is 0 Å². The lowest BCUT2D eigenvalue weighted by Gasteiger charge is -2.25. The summed E-state index contributed by atoms with van der Waals surface area (Å²) >= 11 is 3.30. The van der Waals surface area contributed by atoms with E-state index in [1.54, 1.807) is 22.7 Å². The van der Waals surface area contributed by atoms with Crippen LogP contribution in [0.1, 0.15) is 38.6 Å². The maximum Gasteiger partial charge on any atom is 0.259 e. The normalized spacial score (nSPS) is 16.3. The zero-order chi connectivity index (χ0) is 21.4. The molecule has 4 aromatic heterocycles. The number of pyridine rings is 1. The zero-order valence-corrected chi connectivity index (χ0v) is 19.1. The van der Waals surface area contributed by atoms with Crippen LogP contribution in [-0.4, -0.2) is 40.2 Å². The molecule has 160 valence electrons. The molecule has 0 bridgehead atoms. The van der Waals surface area contributed by atoms with Crippen molar-refractivity contribution in [2.75, 3.05) is 13.2 Å². The molecule has 5 heterocycles. The van der Waals surface area contributed by atoms with Crippen molar-refractivity contribution in [3.8, 4) is 10.6 Å². The van der Waals surface area contributed by atoms with Gasteiger partial charge >= 0.3 is 0 Å². The van der Waals surface area contributed by atoms with E-state index in [0.29, 0.717) is 35.4 Å². The number of aryl methyl sites for hydroxylation is 2. The summed E-state index contributed by atoms with van der Waals surface area (Å²) in [6.07, 6.45) is 2.09. The van der Waals surface area contributed by atoms with Gasteiger partial charge in [-0.2, -0.15) is 0 Å². The first-order valence-electron chi connectivity index (χ1n) is 10.4. The van der Waals surface area contributed by atoms with Gasteiger partial charge in [-0.15, -0.1) is 22.7 Å². The van der Waals surface area contributed by atoms with E-state index in [0.717, 1.165) is 34.9 Å². The third kappa shape index (κ3) is 4.15. The molecule has 1 aliphatic heterocycles. The molecule has 5 rings (SSSR count). The molecule has 8 heteroatoms. The van der Waals surface area contributed by atoms with Crippen molar-refractivity contribution < 1.29 is 14.1 Å². The Morgan fingerprint density at radius 2 is 2.19 bits per heavy atom. The highest BCUT2D eigenvalue weighted by atomic mass is 32.1. The number of amides is 1. The topological polar surface area (TPSA) is 68.5 Å². The van der Waals surface area contributed by atoms with Crippen LogP contribution in [-0.2, 0) is 11.3 Å². The van der Waals surface area contributed by atoms with E-state index in [9.17, 15) is 4.79 Å². The summed E-state index contributed by atoms with van der Waals surface area (Å²) < 4.78 is 11.3. The zero-order valence-electron chi connectivity index (χ0n) is 17.5. The molecule has 1 aliphatic rings. The fourth-order valence-electron chi connectivity index (χ4n) is 3.98. The molecule has 1 fully saturated rings. The summed E-state index contributed by atoms with van der Waals surface area (Å²) in [5.41, 5.74) is 2.39. The van der Waals surface area contributed by atoms with E-state index in [-0.39, 0.29) is 12.0 Å². The van der Waals surface area contributed by atoms with Gasteiger partial charge in [0, 0.05) is 22.9 Å². The quantitative estimate of drug-likeness (QED) is 0.388. The SMILES string of the molecule is Cc1ccc(-c2cc(C(=O)N(Cc3cccs3)CC3CCCO3)c3c(C)noc3n2)s1.